The molecule has 10 nitrogen and oxygen atoms in total. The van der Waals surface area contributed by atoms with Crippen LogP contribution in [0, 0.1) is 0 Å². The molecular weight excluding hydrogens is 440 g/mol. The van der Waals surface area contributed by atoms with E-state index >= 15 is 0 Å². The first kappa shape index (κ1) is 21.7. The minimum Gasteiger partial charge on any atom is -0.379 e. The molecule has 164 valence electrons. The zero-order chi connectivity index (χ0) is 21.8. The number of nitrogens with zero attached hydrogens (tertiary/aromatic N) is 5. The van der Waals surface area contributed by atoms with Crippen LogP contribution in [0.5, 0.6) is 0 Å². The van der Waals surface area contributed by atoms with Crippen molar-refractivity contribution in [2.45, 2.75) is 16.5 Å². The molecule has 3 aromatic rings. The van der Waals surface area contributed by atoms with E-state index in [-0.39, 0.29) is 16.6 Å². The molecule has 3 heterocycles. The first-order valence-corrected chi connectivity index (χ1v) is 12.1. The molecule has 0 radical (unpaired) electrons. The Balaban J connectivity index is 1.31. The third-order valence-electron chi connectivity index (χ3n) is 4.85. The number of hydrogen-bond donors (Lipinski definition) is 1. The summed E-state index contributed by atoms with van der Waals surface area (Å²) >= 11 is 1.32. The van der Waals surface area contributed by atoms with E-state index in [9.17, 15) is 13.2 Å². The Morgan fingerprint density at radius 2 is 1.94 bits per heavy atom. The van der Waals surface area contributed by atoms with Crippen LogP contribution in [0.1, 0.15) is 5.56 Å². The smallest absolute Gasteiger partial charge is 0.243 e. The lowest BCUT2D eigenvalue weighted by Gasteiger charge is -2.26. The molecule has 0 atom stereocenters. The van der Waals surface area contributed by atoms with E-state index in [0.29, 0.717) is 43.5 Å². The molecule has 1 fully saturated rings. The minimum absolute atomic E-state index is 0.148. The maximum absolute atomic E-state index is 12.7. The van der Waals surface area contributed by atoms with E-state index in [4.69, 9.17) is 4.74 Å². The zero-order valence-electron chi connectivity index (χ0n) is 16.9. The highest BCUT2D eigenvalue weighted by Gasteiger charge is 2.26. The van der Waals surface area contributed by atoms with E-state index in [0.717, 1.165) is 10.9 Å². The summed E-state index contributed by atoms with van der Waals surface area (Å²) < 4.78 is 33.6. The van der Waals surface area contributed by atoms with Gasteiger partial charge in [-0.15, -0.1) is 0 Å². The van der Waals surface area contributed by atoms with Crippen LogP contribution >= 0.6 is 11.8 Å². The van der Waals surface area contributed by atoms with Gasteiger partial charge in [0.15, 0.2) is 5.65 Å². The first-order chi connectivity index (χ1) is 14.9. The second kappa shape index (κ2) is 9.30. The van der Waals surface area contributed by atoms with Gasteiger partial charge in [0.1, 0.15) is 11.4 Å². The monoisotopic (exact) mass is 462 g/mol. The Morgan fingerprint density at radius 3 is 2.68 bits per heavy atom. The first-order valence-electron chi connectivity index (χ1n) is 9.64. The Hall–Kier alpha value is -2.54. The van der Waals surface area contributed by atoms with Gasteiger partial charge in [0.25, 0.3) is 0 Å². The third kappa shape index (κ3) is 4.87. The number of thioether (sulfide) groups is 1. The summed E-state index contributed by atoms with van der Waals surface area (Å²) in [5.41, 5.74) is 1.53. The van der Waals surface area contributed by atoms with Gasteiger partial charge in [-0.25, -0.2) is 18.4 Å². The van der Waals surface area contributed by atoms with Crippen molar-refractivity contribution in [1.82, 2.24) is 29.4 Å². The van der Waals surface area contributed by atoms with Crippen LogP contribution in [0.4, 0.5) is 0 Å². The molecule has 1 aliphatic rings. The summed E-state index contributed by atoms with van der Waals surface area (Å²) in [6, 6.07) is 6.57. The normalized spacial score (nSPS) is 15.3. The fraction of sp³-hybridized carbons (Fsp3) is 0.368. The number of ether oxygens (including phenoxy) is 1. The Kier molecular flexibility index (Phi) is 6.51. The lowest BCUT2D eigenvalue weighted by atomic mass is 10.2. The van der Waals surface area contributed by atoms with Crippen molar-refractivity contribution < 1.29 is 17.9 Å². The number of morpholine rings is 1. The molecule has 2 aromatic heterocycles. The molecule has 1 aliphatic heterocycles. The van der Waals surface area contributed by atoms with E-state index in [1.165, 1.54) is 22.4 Å². The Bertz CT molecular complexity index is 1170. The number of sulfonamides is 1. The van der Waals surface area contributed by atoms with Gasteiger partial charge in [0.2, 0.25) is 15.9 Å². The van der Waals surface area contributed by atoms with E-state index in [1.807, 2.05) is 0 Å². The fourth-order valence-corrected chi connectivity index (χ4v) is 5.36. The number of benzene rings is 1. The highest BCUT2D eigenvalue weighted by atomic mass is 32.2. The predicted octanol–water partition coefficient (Wildman–Crippen LogP) is 0.793. The molecule has 0 spiro atoms. The quantitative estimate of drug-likeness (QED) is 0.404. The standard InChI is InChI=1S/C19H22N6O4S2/c1-24-18-16(11-23-24)19(22-13-21-18)30-12-17(26)20-10-14-2-4-15(5-3-14)31(27,28)25-6-8-29-9-7-25/h2-5,11,13H,6-10,12H2,1H3,(H,20,26). The maximum Gasteiger partial charge on any atom is 0.243 e. The number of hydrogen-bond acceptors (Lipinski definition) is 8. The van der Waals surface area contributed by atoms with Crippen LogP contribution < -0.4 is 5.32 Å². The molecule has 1 N–H and O–H groups in total. The van der Waals surface area contributed by atoms with E-state index in [2.05, 4.69) is 20.4 Å². The summed E-state index contributed by atoms with van der Waals surface area (Å²) in [4.78, 5) is 20.9. The number of fused-ring (bicyclic) bond motifs is 1. The zero-order valence-corrected chi connectivity index (χ0v) is 18.5. The summed E-state index contributed by atoms with van der Waals surface area (Å²) in [6.45, 7) is 1.83. The van der Waals surface area contributed by atoms with Crippen LogP contribution in [0.25, 0.3) is 11.0 Å². The molecule has 12 heteroatoms. The largest absolute Gasteiger partial charge is 0.379 e. The summed E-state index contributed by atoms with van der Waals surface area (Å²) in [5, 5.41) is 8.51. The van der Waals surface area contributed by atoms with Gasteiger partial charge in [0, 0.05) is 26.7 Å². The highest BCUT2D eigenvalue weighted by molar-refractivity contribution is 8.00. The van der Waals surface area contributed by atoms with Crippen molar-refractivity contribution in [1.29, 1.82) is 0 Å². The number of aromatic nitrogens is 4. The topological polar surface area (TPSA) is 119 Å². The lowest BCUT2D eigenvalue weighted by Crippen LogP contribution is -2.40. The van der Waals surface area contributed by atoms with Crippen molar-refractivity contribution in [3.8, 4) is 0 Å². The summed E-state index contributed by atoms with van der Waals surface area (Å²) in [6.07, 6.45) is 3.14. The van der Waals surface area contributed by atoms with Crippen LogP contribution in [-0.4, -0.2) is 70.4 Å². The summed E-state index contributed by atoms with van der Waals surface area (Å²) in [7, 11) is -1.72. The summed E-state index contributed by atoms with van der Waals surface area (Å²) in [5.74, 6) is 0.0514. The molecule has 0 saturated carbocycles. The van der Waals surface area contributed by atoms with Crippen LogP contribution in [0.2, 0.25) is 0 Å². The molecule has 0 aliphatic carbocycles. The van der Waals surface area contributed by atoms with Crippen LogP contribution in [0.15, 0.2) is 46.7 Å². The number of carbonyl (C=O) groups is 1. The number of rotatable bonds is 7. The van der Waals surface area contributed by atoms with Gasteiger partial charge in [-0.3, -0.25) is 9.48 Å². The molecule has 1 saturated heterocycles. The van der Waals surface area contributed by atoms with Crippen molar-refractivity contribution in [2.24, 2.45) is 7.05 Å². The van der Waals surface area contributed by atoms with E-state index in [1.54, 1.807) is 42.2 Å². The average molecular weight is 463 g/mol. The molecule has 31 heavy (non-hydrogen) atoms. The molecule has 0 bridgehead atoms. The Morgan fingerprint density at radius 1 is 1.19 bits per heavy atom. The fourth-order valence-electron chi connectivity index (χ4n) is 3.16. The van der Waals surface area contributed by atoms with Crippen molar-refractivity contribution >= 4 is 38.7 Å². The minimum atomic E-state index is -3.52. The highest BCUT2D eigenvalue weighted by Crippen LogP contribution is 2.23. The second-order valence-electron chi connectivity index (χ2n) is 6.91. The van der Waals surface area contributed by atoms with Gasteiger partial charge in [0.05, 0.1) is 35.4 Å². The van der Waals surface area contributed by atoms with Gasteiger partial charge < -0.3 is 10.1 Å². The number of aryl methyl sites for hydroxylation is 1. The van der Waals surface area contributed by atoms with Gasteiger partial charge >= 0.3 is 0 Å². The van der Waals surface area contributed by atoms with Gasteiger partial charge in [-0.2, -0.15) is 9.40 Å². The van der Waals surface area contributed by atoms with Crippen LogP contribution in [-0.2, 0) is 33.1 Å². The van der Waals surface area contributed by atoms with Gasteiger partial charge in [-0.1, -0.05) is 23.9 Å². The number of nitrogens with one attached hydrogen (secondary N) is 1. The lowest BCUT2D eigenvalue weighted by molar-refractivity contribution is -0.118. The molecule has 1 aromatic carbocycles. The second-order valence-corrected chi connectivity index (χ2v) is 9.81. The molecule has 0 unspecified atom stereocenters. The van der Waals surface area contributed by atoms with E-state index < -0.39 is 10.0 Å². The third-order valence-corrected chi connectivity index (χ3v) is 7.77. The van der Waals surface area contributed by atoms with Gasteiger partial charge in [-0.05, 0) is 17.7 Å². The SMILES string of the molecule is Cn1ncc2c(SCC(=O)NCc3ccc(S(=O)(=O)N4CCOCC4)cc3)ncnc21. The van der Waals surface area contributed by atoms with Crippen molar-refractivity contribution in [2.75, 3.05) is 32.1 Å². The predicted molar refractivity (Wildman–Crippen MR) is 115 cm³/mol. The van der Waals surface area contributed by atoms with Crippen molar-refractivity contribution in [3.05, 3.63) is 42.4 Å². The maximum atomic E-state index is 12.7. The number of amides is 1. The Labute approximate surface area is 184 Å². The number of carbonyl (C=O) groups excluding carboxylic acids is 1. The molecular formula is C19H22N6O4S2. The average Bonchev–Trinajstić information content (AvgIpc) is 3.18. The van der Waals surface area contributed by atoms with Crippen molar-refractivity contribution in [3.63, 3.8) is 0 Å². The molecule has 4 rings (SSSR count). The van der Waals surface area contributed by atoms with Crippen LogP contribution in [0.3, 0.4) is 0 Å². The molecule has 1 amide bonds.